The second-order valence-electron chi connectivity index (χ2n) is 6.71. The van der Waals surface area contributed by atoms with Gasteiger partial charge in [0.2, 0.25) is 11.6 Å². The van der Waals surface area contributed by atoms with Gasteiger partial charge >= 0.3 is 0 Å². The number of ether oxygens (including phenoxy) is 1. The Kier molecular flexibility index (Phi) is 6.04. The molecule has 0 aromatic carbocycles. The lowest BCUT2D eigenvalue weighted by molar-refractivity contribution is 0.168. The minimum atomic E-state index is -0.448. The zero-order chi connectivity index (χ0) is 21.8. The van der Waals surface area contributed by atoms with Crippen LogP contribution in [-0.4, -0.2) is 43.9 Å². The van der Waals surface area contributed by atoms with Gasteiger partial charge in [-0.15, -0.1) is 10.1 Å². The lowest BCUT2D eigenvalue weighted by atomic mass is 10.1. The number of hydrogen-bond acceptors (Lipinski definition) is 8. The Morgan fingerprint density at radius 1 is 1.19 bits per heavy atom. The van der Waals surface area contributed by atoms with Crippen molar-refractivity contribution in [3.8, 4) is 17.5 Å². The van der Waals surface area contributed by atoms with Crippen LogP contribution in [0.3, 0.4) is 0 Å². The molecular formula is C20H15IN8O2. The van der Waals surface area contributed by atoms with E-state index in [2.05, 4.69) is 52.4 Å². The van der Waals surface area contributed by atoms with Gasteiger partial charge in [0.25, 0.3) is 11.4 Å². The van der Waals surface area contributed by atoms with Gasteiger partial charge in [0, 0.05) is 41.9 Å². The summed E-state index contributed by atoms with van der Waals surface area (Å²) < 4.78 is 8.01. The van der Waals surface area contributed by atoms with Crippen molar-refractivity contribution in [2.24, 2.45) is 0 Å². The molecule has 0 amide bonds. The molecule has 0 spiro atoms. The number of aromatic nitrogens is 5. The second-order valence-corrected chi connectivity index (χ2v) is 7.96. The second kappa shape index (κ2) is 9.06. The molecular weight excluding hydrogens is 511 g/mol. The van der Waals surface area contributed by atoms with Gasteiger partial charge in [0.05, 0.1) is 6.07 Å². The van der Waals surface area contributed by atoms with E-state index >= 15 is 0 Å². The molecule has 0 atom stereocenters. The van der Waals surface area contributed by atoms with Gasteiger partial charge < -0.3 is 14.5 Å². The van der Waals surface area contributed by atoms with E-state index in [0.29, 0.717) is 37.6 Å². The fourth-order valence-electron chi connectivity index (χ4n) is 3.18. The molecule has 1 fully saturated rings. The molecule has 0 saturated carbocycles. The van der Waals surface area contributed by atoms with Crippen LogP contribution in [0.4, 0.5) is 11.8 Å². The number of rotatable bonds is 4. The third-order valence-electron chi connectivity index (χ3n) is 4.72. The number of piperidine rings is 1. The molecule has 11 heteroatoms. The zero-order valence-corrected chi connectivity index (χ0v) is 18.3. The lowest BCUT2D eigenvalue weighted by Crippen LogP contribution is -2.39. The van der Waals surface area contributed by atoms with Crippen LogP contribution in [0.15, 0.2) is 41.6 Å². The molecule has 0 bridgehead atoms. The predicted octanol–water partition coefficient (Wildman–Crippen LogP) is 2.49. The summed E-state index contributed by atoms with van der Waals surface area (Å²) in [6, 6.07) is 6.29. The number of anilines is 1. The van der Waals surface area contributed by atoms with Gasteiger partial charge in [0.1, 0.15) is 24.1 Å². The highest BCUT2D eigenvalue weighted by Crippen LogP contribution is 2.22. The quantitative estimate of drug-likeness (QED) is 0.377. The first-order valence-corrected chi connectivity index (χ1v) is 10.4. The number of nitriles is 1. The Bertz CT molecular complexity index is 1220. The molecule has 1 saturated heterocycles. The van der Waals surface area contributed by atoms with E-state index in [1.54, 1.807) is 18.5 Å². The summed E-state index contributed by atoms with van der Waals surface area (Å²) in [4.78, 5) is 30.5. The minimum Gasteiger partial charge on any atom is -0.487 e. The SMILES string of the molecule is [C-]#[N+]c1ccc(-n2nc(C#N)c(OC3CCN(c4ncc(I)cn4)CC3)cc2=O)cn1. The fourth-order valence-corrected chi connectivity index (χ4v) is 3.46. The summed E-state index contributed by atoms with van der Waals surface area (Å²) in [5, 5.41) is 13.6. The molecule has 31 heavy (non-hydrogen) atoms. The Morgan fingerprint density at radius 2 is 1.94 bits per heavy atom. The zero-order valence-electron chi connectivity index (χ0n) is 16.1. The van der Waals surface area contributed by atoms with Crippen molar-refractivity contribution in [2.45, 2.75) is 18.9 Å². The van der Waals surface area contributed by atoms with Gasteiger partial charge in [-0.3, -0.25) is 4.79 Å². The molecule has 10 nitrogen and oxygen atoms in total. The smallest absolute Gasteiger partial charge is 0.275 e. The molecule has 4 heterocycles. The monoisotopic (exact) mass is 526 g/mol. The summed E-state index contributed by atoms with van der Waals surface area (Å²) >= 11 is 2.16. The van der Waals surface area contributed by atoms with Crippen LogP contribution in [0.2, 0.25) is 0 Å². The molecule has 0 radical (unpaired) electrons. The number of pyridine rings is 1. The maximum Gasteiger partial charge on any atom is 0.275 e. The van der Waals surface area contributed by atoms with Crippen LogP contribution in [0.1, 0.15) is 18.5 Å². The Balaban J connectivity index is 1.48. The highest BCUT2D eigenvalue weighted by Gasteiger charge is 2.24. The van der Waals surface area contributed by atoms with E-state index in [4.69, 9.17) is 11.3 Å². The van der Waals surface area contributed by atoms with E-state index in [1.165, 1.54) is 18.3 Å². The van der Waals surface area contributed by atoms with Gasteiger partial charge in [-0.25, -0.2) is 9.97 Å². The van der Waals surface area contributed by atoms with Crippen LogP contribution in [0.5, 0.6) is 5.75 Å². The molecule has 3 aromatic rings. The van der Waals surface area contributed by atoms with Crippen molar-refractivity contribution in [3.05, 3.63) is 67.8 Å². The molecule has 154 valence electrons. The first kappa shape index (κ1) is 20.7. The highest BCUT2D eigenvalue weighted by atomic mass is 127. The summed E-state index contributed by atoms with van der Waals surface area (Å²) in [6.45, 7) is 8.36. The fraction of sp³-hybridized carbons (Fsp3) is 0.250. The average molecular weight is 526 g/mol. The van der Waals surface area contributed by atoms with Crippen LogP contribution >= 0.6 is 22.6 Å². The third-order valence-corrected chi connectivity index (χ3v) is 5.28. The van der Waals surface area contributed by atoms with Crippen LogP contribution < -0.4 is 15.2 Å². The van der Waals surface area contributed by atoms with Crippen molar-refractivity contribution in [3.63, 3.8) is 0 Å². The Hall–Kier alpha value is -3.58. The van der Waals surface area contributed by atoms with E-state index in [1.807, 2.05) is 6.07 Å². The Morgan fingerprint density at radius 3 is 2.55 bits per heavy atom. The van der Waals surface area contributed by atoms with Crippen molar-refractivity contribution in [1.82, 2.24) is 24.7 Å². The van der Waals surface area contributed by atoms with E-state index < -0.39 is 5.56 Å². The van der Waals surface area contributed by atoms with Crippen molar-refractivity contribution in [1.29, 1.82) is 5.26 Å². The normalized spacial score (nSPS) is 14.0. The van der Waals surface area contributed by atoms with Gasteiger partial charge in [0.15, 0.2) is 5.75 Å². The van der Waals surface area contributed by atoms with Crippen molar-refractivity contribution in [2.75, 3.05) is 18.0 Å². The summed E-state index contributed by atoms with van der Waals surface area (Å²) in [5.74, 6) is 1.05. The van der Waals surface area contributed by atoms with Crippen molar-refractivity contribution >= 4 is 34.4 Å². The molecule has 1 aliphatic heterocycles. The molecule has 1 aliphatic rings. The Labute approximate surface area is 191 Å². The third kappa shape index (κ3) is 4.62. The van der Waals surface area contributed by atoms with E-state index in [9.17, 15) is 10.1 Å². The summed E-state index contributed by atoms with van der Waals surface area (Å²) in [6.07, 6.45) is 6.16. The lowest BCUT2D eigenvalue weighted by Gasteiger charge is -2.32. The maximum atomic E-state index is 12.6. The largest absolute Gasteiger partial charge is 0.487 e. The molecule has 3 aromatic heterocycles. The minimum absolute atomic E-state index is 0.0113. The topological polar surface area (TPSA) is 114 Å². The van der Waals surface area contributed by atoms with E-state index in [-0.39, 0.29) is 23.4 Å². The summed E-state index contributed by atoms with van der Waals surface area (Å²) in [5.41, 5.74) is -0.0698. The van der Waals surface area contributed by atoms with Gasteiger partial charge in [-0.1, -0.05) is 6.57 Å². The molecule has 0 N–H and O–H groups in total. The number of hydrogen-bond donors (Lipinski definition) is 0. The average Bonchev–Trinajstić information content (AvgIpc) is 2.80. The van der Waals surface area contributed by atoms with Crippen molar-refractivity contribution < 1.29 is 4.74 Å². The standard InChI is InChI=1S/C20H15IN8O2/c1-23-18-3-2-14(12-24-18)29-19(30)8-17(16(9-22)27-29)31-15-4-6-28(7-5-15)20-25-10-13(21)11-26-20/h2-3,8,10-12,15H,4-7H2. The summed E-state index contributed by atoms with van der Waals surface area (Å²) in [7, 11) is 0. The van der Waals surface area contributed by atoms with Crippen LogP contribution in [-0.2, 0) is 0 Å². The first-order valence-electron chi connectivity index (χ1n) is 9.35. The maximum absolute atomic E-state index is 12.6. The predicted molar refractivity (Wildman–Crippen MR) is 119 cm³/mol. The van der Waals surface area contributed by atoms with Crippen LogP contribution in [0, 0.1) is 21.5 Å². The first-order chi connectivity index (χ1) is 15.1. The van der Waals surface area contributed by atoms with E-state index in [0.717, 1.165) is 8.25 Å². The molecule has 0 aliphatic carbocycles. The van der Waals surface area contributed by atoms with Gasteiger partial charge in [-0.05, 0) is 34.7 Å². The number of nitrogens with zero attached hydrogens (tertiary/aromatic N) is 8. The molecule has 0 unspecified atom stereocenters. The number of halogens is 1. The molecule has 4 rings (SSSR count). The van der Waals surface area contributed by atoms with Crippen LogP contribution in [0.25, 0.3) is 10.5 Å². The van der Waals surface area contributed by atoms with Gasteiger partial charge in [-0.2, -0.15) is 9.94 Å². The highest BCUT2D eigenvalue weighted by molar-refractivity contribution is 14.1.